The highest BCUT2D eigenvalue weighted by atomic mass is 35.5. The summed E-state index contributed by atoms with van der Waals surface area (Å²) in [5, 5.41) is 19.6. The van der Waals surface area contributed by atoms with Gasteiger partial charge in [-0.05, 0) is 54.7 Å². The maximum absolute atomic E-state index is 12.7. The van der Waals surface area contributed by atoms with Crippen molar-refractivity contribution in [3.05, 3.63) is 75.3 Å². The summed E-state index contributed by atoms with van der Waals surface area (Å²) >= 11 is 5.81. The minimum Gasteiger partial charge on any atom is -0.477 e. The predicted molar refractivity (Wildman–Crippen MR) is 126 cm³/mol. The summed E-state index contributed by atoms with van der Waals surface area (Å²) < 4.78 is 5.35. The van der Waals surface area contributed by atoms with Crippen molar-refractivity contribution in [2.45, 2.75) is 6.42 Å². The molecule has 1 saturated heterocycles. The third-order valence-corrected chi connectivity index (χ3v) is 6.69. The van der Waals surface area contributed by atoms with Gasteiger partial charge in [0.25, 0.3) is 17.7 Å². The molecule has 0 aromatic heterocycles. The zero-order chi connectivity index (χ0) is 24.7. The lowest BCUT2D eigenvalue weighted by Gasteiger charge is -2.13. The number of allylic oxidation sites excluding steroid dienone is 2. The number of amides is 3. The highest BCUT2D eigenvalue weighted by molar-refractivity contribution is 6.30. The van der Waals surface area contributed by atoms with Crippen LogP contribution in [-0.4, -0.2) is 40.5 Å². The van der Waals surface area contributed by atoms with E-state index in [0.29, 0.717) is 16.3 Å². The number of hydrogen-bond acceptors (Lipinski definition) is 7. The Morgan fingerprint density at radius 2 is 1.80 bits per heavy atom. The first-order valence-corrected chi connectivity index (χ1v) is 11.3. The normalized spacial score (nSPS) is 24.3. The molecule has 35 heavy (non-hydrogen) atoms. The van der Waals surface area contributed by atoms with Crippen LogP contribution in [0.2, 0.25) is 5.02 Å². The van der Waals surface area contributed by atoms with Gasteiger partial charge in [-0.15, -0.1) is 0 Å². The molecule has 2 bridgehead atoms. The Hall–Kier alpha value is -4.05. The molecule has 2 fully saturated rings. The number of hydrazone groups is 1. The van der Waals surface area contributed by atoms with Crippen LogP contribution in [0.15, 0.2) is 59.7 Å². The van der Waals surface area contributed by atoms with Gasteiger partial charge in [0.2, 0.25) is 0 Å². The topological polar surface area (TPSA) is 131 Å². The van der Waals surface area contributed by atoms with E-state index in [1.807, 2.05) is 12.2 Å². The van der Waals surface area contributed by atoms with E-state index in [1.165, 1.54) is 24.4 Å². The molecule has 1 aliphatic heterocycles. The van der Waals surface area contributed by atoms with Crippen molar-refractivity contribution in [3.8, 4) is 5.75 Å². The summed E-state index contributed by atoms with van der Waals surface area (Å²) in [6.45, 7) is -0.452. The van der Waals surface area contributed by atoms with Gasteiger partial charge in [0.05, 0.1) is 23.0 Å². The van der Waals surface area contributed by atoms with Crippen LogP contribution in [0.3, 0.4) is 0 Å². The number of benzene rings is 2. The van der Waals surface area contributed by atoms with E-state index in [-0.39, 0.29) is 46.9 Å². The molecular formula is C24H19ClN4O6. The SMILES string of the molecule is O=C(COc1ccc(C=NN2C(=O)[C@@H]3[C@H](C2=O)[C@H]2C=C[C@H]3C2)cc1[N+](=O)[O-])Nc1ccc(Cl)cc1. The number of rotatable bonds is 7. The summed E-state index contributed by atoms with van der Waals surface area (Å²) in [6.07, 6.45) is 6.02. The highest BCUT2D eigenvalue weighted by Gasteiger charge is 2.59. The minimum absolute atomic E-state index is 0.0658. The lowest BCUT2D eigenvalue weighted by Crippen LogP contribution is -2.28. The van der Waals surface area contributed by atoms with Crippen molar-refractivity contribution in [3.63, 3.8) is 0 Å². The second-order valence-electron chi connectivity index (χ2n) is 8.56. The zero-order valence-corrected chi connectivity index (χ0v) is 18.9. The van der Waals surface area contributed by atoms with Crippen molar-refractivity contribution in [2.24, 2.45) is 28.8 Å². The molecule has 3 aliphatic rings. The fourth-order valence-corrected chi connectivity index (χ4v) is 5.00. The predicted octanol–water partition coefficient (Wildman–Crippen LogP) is 3.41. The Morgan fingerprint density at radius 1 is 1.14 bits per heavy atom. The number of carbonyl (C=O) groups is 3. The van der Waals surface area contributed by atoms with Crippen LogP contribution in [0.25, 0.3) is 0 Å². The Bertz CT molecular complexity index is 1260. The molecule has 1 saturated carbocycles. The summed E-state index contributed by atoms with van der Waals surface area (Å²) in [5.74, 6) is -1.91. The molecule has 1 heterocycles. The molecule has 0 unspecified atom stereocenters. The maximum atomic E-state index is 12.7. The Balaban J connectivity index is 1.25. The van der Waals surface area contributed by atoms with E-state index in [1.54, 1.807) is 24.3 Å². The highest BCUT2D eigenvalue weighted by Crippen LogP contribution is 2.52. The Labute approximate surface area is 204 Å². The van der Waals surface area contributed by atoms with Crippen LogP contribution in [0.1, 0.15) is 12.0 Å². The molecule has 11 heteroatoms. The lowest BCUT2D eigenvalue weighted by molar-refractivity contribution is -0.385. The molecule has 0 spiro atoms. The number of nitrogens with one attached hydrogen (secondary N) is 1. The van der Waals surface area contributed by atoms with Gasteiger partial charge < -0.3 is 10.1 Å². The van der Waals surface area contributed by atoms with Gasteiger partial charge in [-0.3, -0.25) is 24.5 Å². The molecule has 10 nitrogen and oxygen atoms in total. The van der Waals surface area contributed by atoms with Crippen molar-refractivity contribution in [2.75, 3.05) is 11.9 Å². The van der Waals surface area contributed by atoms with Crippen LogP contribution < -0.4 is 10.1 Å². The number of imide groups is 1. The number of nitro groups is 1. The smallest absolute Gasteiger partial charge is 0.311 e. The zero-order valence-electron chi connectivity index (χ0n) is 18.2. The van der Waals surface area contributed by atoms with Crippen molar-refractivity contribution in [1.82, 2.24) is 5.01 Å². The number of fused-ring (bicyclic) bond motifs is 5. The summed E-state index contributed by atoms with van der Waals surface area (Å²) in [6, 6.07) is 10.5. The first kappa shape index (κ1) is 22.7. The van der Waals surface area contributed by atoms with E-state index >= 15 is 0 Å². The van der Waals surface area contributed by atoms with Crippen LogP contribution in [0.4, 0.5) is 11.4 Å². The van der Waals surface area contributed by atoms with Gasteiger partial charge in [-0.2, -0.15) is 10.1 Å². The number of carbonyl (C=O) groups excluding carboxylic acids is 3. The largest absolute Gasteiger partial charge is 0.477 e. The monoisotopic (exact) mass is 494 g/mol. The minimum atomic E-state index is -0.649. The average Bonchev–Trinajstić information content (AvgIpc) is 3.52. The van der Waals surface area contributed by atoms with Gasteiger partial charge in [-0.1, -0.05) is 23.8 Å². The van der Waals surface area contributed by atoms with Crippen LogP contribution in [-0.2, 0) is 14.4 Å². The molecule has 5 rings (SSSR count). The molecule has 4 atom stereocenters. The number of nitrogens with zero attached hydrogens (tertiary/aromatic N) is 3. The van der Waals surface area contributed by atoms with Crippen molar-refractivity contribution < 1.29 is 24.0 Å². The molecule has 3 amide bonds. The maximum Gasteiger partial charge on any atom is 0.311 e. The number of ether oxygens (including phenoxy) is 1. The number of halogens is 1. The summed E-state index contributed by atoms with van der Waals surface area (Å²) in [7, 11) is 0. The van der Waals surface area contributed by atoms with E-state index in [9.17, 15) is 24.5 Å². The fourth-order valence-electron chi connectivity index (χ4n) is 4.88. The number of hydrogen-bond donors (Lipinski definition) is 1. The quantitative estimate of drug-likeness (QED) is 0.206. The van der Waals surface area contributed by atoms with Crippen molar-refractivity contribution >= 4 is 46.9 Å². The number of nitro benzene ring substituents is 1. The fraction of sp³-hybridized carbons (Fsp3) is 0.250. The molecule has 2 aromatic rings. The van der Waals surface area contributed by atoms with E-state index < -0.39 is 17.4 Å². The van der Waals surface area contributed by atoms with Gasteiger partial charge in [-0.25, -0.2) is 0 Å². The molecule has 2 aliphatic carbocycles. The standard InChI is InChI=1S/C24H19ClN4O6/c25-16-4-6-17(7-5-16)27-20(30)12-35-19-8-1-13(9-18(19)29(33)34)11-26-28-23(31)21-14-2-3-15(10-14)22(21)24(28)32/h1-9,11,14-15,21-22H,10,12H2,(H,27,30)/t14-,15-,21-,22+/m0/s1. The summed E-state index contributed by atoms with van der Waals surface area (Å²) in [4.78, 5) is 48.5. The third kappa shape index (κ3) is 4.28. The molecular weight excluding hydrogens is 476 g/mol. The molecule has 0 radical (unpaired) electrons. The molecule has 2 aromatic carbocycles. The number of anilines is 1. The Morgan fingerprint density at radius 3 is 2.43 bits per heavy atom. The second-order valence-corrected chi connectivity index (χ2v) is 9.00. The van der Waals surface area contributed by atoms with Crippen LogP contribution in [0.5, 0.6) is 5.75 Å². The summed E-state index contributed by atoms with van der Waals surface area (Å²) in [5.41, 5.74) is 0.419. The Kier molecular flexibility index (Phi) is 5.81. The first-order chi connectivity index (χ1) is 16.8. The van der Waals surface area contributed by atoms with E-state index in [2.05, 4.69) is 10.4 Å². The van der Waals surface area contributed by atoms with Crippen LogP contribution in [0, 0.1) is 33.8 Å². The van der Waals surface area contributed by atoms with Gasteiger partial charge in [0.1, 0.15) is 0 Å². The van der Waals surface area contributed by atoms with Crippen molar-refractivity contribution in [1.29, 1.82) is 0 Å². The third-order valence-electron chi connectivity index (χ3n) is 6.44. The van der Waals surface area contributed by atoms with Gasteiger partial charge in [0, 0.05) is 22.3 Å². The molecule has 178 valence electrons. The van der Waals surface area contributed by atoms with E-state index in [0.717, 1.165) is 11.4 Å². The average molecular weight is 495 g/mol. The second kappa shape index (κ2) is 8.95. The molecule has 1 N–H and O–H groups in total. The lowest BCUT2D eigenvalue weighted by atomic mass is 9.85. The van der Waals surface area contributed by atoms with Crippen LogP contribution >= 0.6 is 11.6 Å². The first-order valence-electron chi connectivity index (χ1n) is 10.9. The van der Waals surface area contributed by atoms with E-state index in [4.69, 9.17) is 16.3 Å². The van der Waals surface area contributed by atoms with Gasteiger partial charge >= 0.3 is 5.69 Å². The van der Waals surface area contributed by atoms with Gasteiger partial charge in [0.15, 0.2) is 12.4 Å².